The topological polar surface area (TPSA) is 66.6 Å². The highest BCUT2D eigenvalue weighted by atomic mass is 16.2. The summed E-state index contributed by atoms with van der Waals surface area (Å²) in [5.74, 6) is 0.106. The summed E-state index contributed by atoms with van der Waals surface area (Å²) in [6.07, 6.45) is 0.777. The summed E-state index contributed by atoms with van der Waals surface area (Å²) < 4.78 is 0. The molecule has 0 bridgehead atoms. The van der Waals surface area contributed by atoms with Crippen molar-refractivity contribution in [2.45, 2.75) is 13.3 Å². The minimum atomic E-state index is 0.0343. The first-order chi connectivity index (χ1) is 9.61. The lowest BCUT2D eigenvalue weighted by atomic mass is 10.1. The summed E-state index contributed by atoms with van der Waals surface area (Å²) in [5, 5.41) is 0. The Balaban J connectivity index is 2.01. The summed E-state index contributed by atoms with van der Waals surface area (Å²) in [7, 11) is 0. The van der Waals surface area contributed by atoms with Gasteiger partial charge < -0.3 is 15.5 Å². The van der Waals surface area contributed by atoms with Crippen LogP contribution in [0.4, 0.5) is 0 Å². The van der Waals surface area contributed by atoms with E-state index in [9.17, 15) is 9.59 Å². The van der Waals surface area contributed by atoms with Crippen LogP contribution >= 0.6 is 0 Å². The van der Waals surface area contributed by atoms with Gasteiger partial charge in [-0.25, -0.2) is 0 Å². The third-order valence-corrected chi connectivity index (χ3v) is 3.62. The number of rotatable bonds is 3. The zero-order valence-electron chi connectivity index (χ0n) is 11.8. The van der Waals surface area contributed by atoms with Crippen molar-refractivity contribution in [3.63, 3.8) is 0 Å². The largest absolute Gasteiger partial charge is 0.339 e. The van der Waals surface area contributed by atoms with E-state index in [1.807, 2.05) is 24.3 Å². The Morgan fingerprint density at radius 3 is 2.40 bits per heavy atom. The zero-order chi connectivity index (χ0) is 14.5. The Morgan fingerprint density at radius 1 is 1.15 bits per heavy atom. The van der Waals surface area contributed by atoms with Crippen LogP contribution in [-0.2, 0) is 11.2 Å². The first-order valence-corrected chi connectivity index (χ1v) is 6.95. The zero-order valence-corrected chi connectivity index (χ0v) is 11.8. The van der Waals surface area contributed by atoms with Gasteiger partial charge in [-0.1, -0.05) is 12.1 Å². The van der Waals surface area contributed by atoms with Gasteiger partial charge in [-0.15, -0.1) is 0 Å². The molecule has 2 rings (SSSR count). The molecule has 0 spiro atoms. The van der Waals surface area contributed by atoms with E-state index in [2.05, 4.69) is 0 Å². The van der Waals surface area contributed by atoms with Crippen LogP contribution in [0.2, 0.25) is 0 Å². The van der Waals surface area contributed by atoms with E-state index in [0.717, 1.165) is 12.0 Å². The van der Waals surface area contributed by atoms with E-state index in [1.165, 1.54) is 0 Å². The van der Waals surface area contributed by atoms with Crippen LogP contribution in [0.1, 0.15) is 22.8 Å². The predicted octanol–water partition coefficient (Wildman–Crippen LogP) is 0.492. The van der Waals surface area contributed by atoms with Gasteiger partial charge in [0.15, 0.2) is 0 Å². The van der Waals surface area contributed by atoms with E-state index in [4.69, 9.17) is 5.73 Å². The second-order valence-electron chi connectivity index (χ2n) is 5.04. The minimum absolute atomic E-state index is 0.0343. The molecule has 1 heterocycles. The van der Waals surface area contributed by atoms with Crippen LogP contribution in [-0.4, -0.2) is 54.3 Å². The molecule has 1 aliphatic heterocycles. The molecule has 0 atom stereocenters. The number of piperazine rings is 1. The fourth-order valence-electron chi connectivity index (χ4n) is 2.43. The molecule has 2 amide bonds. The maximum absolute atomic E-state index is 12.4. The minimum Gasteiger partial charge on any atom is -0.339 e. The van der Waals surface area contributed by atoms with Gasteiger partial charge in [0.2, 0.25) is 5.91 Å². The predicted molar refractivity (Wildman–Crippen MR) is 77.4 cm³/mol. The van der Waals surface area contributed by atoms with Gasteiger partial charge in [-0.3, -0.25) is 9.59 Å². The van der Waals surface area contributed by atoms with E-state index in [-0.39, 0.29) is 11.8 Å². The van der Waals surface area contributed by atoms with Crippen molar-refractivity contribution in [2.75, 3.05) is 32.7 Å². The average Bonchev–Trinajstić information content (AvgIpc) is 2.47. The molecule has 5 heteroatoms. The summed E-state index contributed by atoms with van der Waals surface area (Å²) in [4.78, 5) is 27.3. The Kier molecular flexibility index (Phi) is 4.74. The number of nitrogens with two attached hydrogens (primary N) is 1. The average molecular weight is 275 g/mol. The molecule has 0 aliphatic carbocycles. The molecular weight excluding hydrogens is 254 g/mol. The van der Waals surface area contributed by atoms with E-state index in [0.29, 0.717) is 38.3 Å². The van der Waals surface area contributed by atoms with Crippen molar-refractivity contribution in [3.8, 4) is 0 Å². The van der Waals surface area contributed by atoms with Crippen molar-refractivity contribution in [1.29, 1.82) is 0 Å². The molecule has 0 saturated carbocycles. The highest BCUT2D eigenvalue weighted by Gasteiger charge is 2.23. The van der Waals surface area contributed by atoms with Crippen molar-refractivity contribution in [3.05, 3.63) is 35.4 Å². The number of nitrogens with zero attached hydrogens (tertiary/aromatic N) is 2. The summed E-state index contributed by atoms with van der Waals surface area (Å²) in [6, 6.07) is 7.62. The number of carbonyl (C=O) groups excluding carboxylic acids is 2. The molecule has 0 aromatic heterocycles. The Labute approximate surface area is 119 Å². The van der Waals surface area contributed by atoms with Crippen molar-refractivity contribution in [2.24, 2.45) is 5.73 Å². The molecule has 5 nitrogen and oxygen atoms in total. The van der Waals surface area contributed by atoms with Gasteiger partial charge in [0.25, 0.3) is 5.91 Å². The van der Waals surface area contributed by atoms with Gasteiger partial charge in [0, 0.05) is 38.7 Å². The molecule has 108 valence electrons. The van der Waals surface area contributed by atoms with Gasteiger partial charge in [-0.05, 0) is 30.7 Å². The Hall–Kier alpha value is -1.88. The molecular formula is C15H21N3O2. The lowest BCUT2D eigenvalue weighted by Crippen LogP contribution is -2.50. The van der Waals surface area contributed by atoms with Crippen LogP contribution < -0.4 is 5.73 Å². The van der Waals surface area contributed by atoms with Crippen molar-refractivity contribution < 1.29 is 9.59 Å². The number of hydrogen-bond donors (Lipinski definition) is 1. The highest BCUT2D eigenvalue weighted by molar-refractivity contribution is 5.94. The fourth-order valence-corrected chi connectivity index (χ4v) is 2.43. The van der Waals surface area contributed by atoms with E-state index >= 15 is 0 Å². The van der Waals surface area contributed by atoms with Crippen LogP contribution in [0, 0.1) is 0 Å². The maximum atomic E-state index is 12.4. The molecule has 1 saturated heterocycles. The number of hydrogen-bond acceptors (Lipinski definition) is 3. The van der Waals surface area contributed by atoms with Crippen LogP contribution in [0.5, 0.6) is 0 Å². The SMILES string of the molecule is CC(=O)N1CCN(C(=O)c2cccc(CCN)c2)CC1. The highest BCUT2D eigenvalue weighted by Crippen LogP contribution is 2.11. The normalized spacial score (nSPS) is 15.3. The molecule has 0 radical (unpaired) electrons. The second-order valence-corrected chi connectivity index (χ2v) is 5.04. The molecule has 2 N–H and O–H groups in total. The van der Waals surface area contributed by atoms with Gasteiger partial charge in [-0.2, -0.15) is 0 Å². The van der Waals surface area contributed by atoms with Gasteiger partial charge >= 0.3 is 0 Å². The molecule has 1 aromatic carbocycles. The van der Waals surface area contributed by atoms with Crippen LogP contribution in [0.25, 0.3) is 0 Å². The Bertz CT molecular complexity index is 494. The monoisotopic (exact) mass is 275 g/mol. The van der Waals surface area contributed by atoms with Crippen LogP contribution in [0.15, 0.2) is 24.3 Å². The number of carbonyl (C=O) groups is 2. The lowest BCUT2D eigenvalue weighted by Gasteiger charge is -2.34. The summed E-state index contributed by atoms with van der Waals surface area (Å²) in [5.41, 5.74) is 7.33. The van der Waals surface area contributed by atoms with E-state index < -0.39 is 0 Å². The molecule has 1 fully saturated rings. The number of amides is 2. The van der Waals surface area contributed by atoms with Crippen molar-refractivity contribution in [1.82, 2.24) is 9.80 Å². The first kappa shape index (κ1) is 14.5. The summed E-state index contributed by atoms with van der Waals surface area (Å²) >= 11 is 0. The van der Waals surface area contributed by atoms with Crippen molar-refractivity contribution >= 4 is 11.8 Å². The Morgan fingerprint density at radius 2 is 1.80 bits per heavy atom. The molecule has 1 aliphatic rings. The first-order valence-electron chi connectivity index (χ1n) is 6.95. The third kappa shape index (κ3) is 3.36. The molecule has 20 heavy (non-hydrogen) atoms. The van der Waals surface area contributed by atoms with E-state index in [1.54, 1.807) is 16.7 Å². The second kappa shape index (κ2) is 6.52. The third-order valence-electron chi connectivity index (χ3n) is 3.62. The van der Waals surface area contributed by atoms with Crippen LogP contribution in [0.3, 0.4) is 0 Å². The number of benzene rings is 1. The quantitative estimate of drug-likeness (QED) is 0.873. The maximum Gasteiger partial charge on any atom is 0.253 e. The fraction of sp³-hybridized carbons (Fsp3) is 0.467. The smallest absolute Gasteiger partial charge is 0.253 e. The van der Waals surface area contributed by atoms with Gasteiger partial charge in [0.05, 0.1) is 0 Å². The standard InChI is InChI=1S/C15H21N3O2/c1-12(19)17-7-9-18(10-8-17)15(20)14-4-2-3-13(11-14)5-6-16/h2-4,11H,5-10,16H2,1H3. The van der Waals surface area contributed by atoms with Gasteiger partial charge in [0.1, 0.15) is 0 Å². The molecule has 0 unspecified atom stereocenters. The molecule has 1 aromatic rings. The summed E-state index contributed by atoms with van der Waals surface area (Å²) in [6.45, 7) is 4.56. The lowest BCUT2D eigenvalue weighted by molar-refractivity contribution is -0.130.